The summed E-state index contributed by atoms with van der Waals surface area (Å²) in [5, 5.41) is 8.73. The fourth-order valence-corrected chi connectivity index (χ4v) is 1.20. The second kappa shape index (κ2) is 3.41. The van der Waals surface area contributed by atoms with Gasteiger partial charge in [-0.2, -0.15) is 4.98 Å². The Morgan fingerprint density at radius 3 is 2.87 bits per heavy atom. The summed E-state index contributed by atoms with van der Waals surface area (Å²) < 4.78 is 0. The fourth-order valence-electron chi connectivity index (χ4n) is 1.20. The highest BCUT2D eigenvalue weighted by atomic mass is 16.4. The smallest absolute Gasteiger partial charge is 0.352 e. The molecule has 2 rings (SSSR count). The summed E-state index contributed by atoms with van der Waals surface area (Å²) in [4.78, 5) is 30.3. The van der Waals surface area contributed by atoms with E-state index in [1.807, 2.05) is 0 Å². The molecule has 0 aliphatic rings. The van der Waals surface area contributed by atoms with Crippen LogP contribution in [0.1, 0.15) is 10.5 Å². The van der Waals surface area contributed by atoms with Gasteiger partial charge in [0.05, 0.1) is 5.69 Å². The van der Waals surface area contributed by atoms with Crippen LogP contribution in [-0.4, -0.2) is 26.0 Å². The molecule has 6 nitrogen and oxygen atoms in total. The number of rotatable bonds is 2. The largest absolute Gasteiger partial charge is 0.477 e. The molecule has 0 saturated carbocycles. The number of nitrogens with one attached hydrogen (secondary N) is 2. The van der Waals surface area contributed by atoms with Crippen molar-refractivity contribution in [2.24, 2.45) is 0 Å². The van der Waals surface area contributed by atoms with Gasteiger partial charge in [-0.25, -0.2) is 9.59 Å². The van der Waals surface area contributed by atoms with E-state index in [1.165, 1.54) is 6.07 Å². The van der Waals surface area contributed by atoms with Gasteiger partial charge in [0.1, 0.15) is 5.69 Å². The molecule has 0 bridgehead atoms. The van der Waals surface area contributed by atoms with Gasteiger partial charge >= 0.3 is 11.7 Å². The standard InChI is InChI=1S/C9H7N3O3/c13-8(14)7-3-6(11-9(15)12-7)5-1-2-10-4-5/h1-4,10H,(H,13,14)(H,11,12,15). The van der Waals surface area contributed by atoms with E-state index in [2.05, 4.69) is 15.0 Å². The lowest BCUT2D eigenvalue weighted by atomic mass is 10.2. The Labute approximate surface area is 83.6 Å². The third-order valence-electron chi connectivity index (χ3n) is 1.87. The number of H-pyrrole nitrogens is 2. The molecule has 76 valence electrons. The van der Waals surface area contributed by atoms with Gasteiger partial charge in [-0.05, 0) is 12.1 Å². The molecule has 2 heterocycles. The van der Waals surface area contributed by atoms with E-state index in [-0.39, 0.29) is 5.69 Å². The minimum absolute atomic E-state index is 0.175. The first-order valence-corrected chi connectivity index (χ1v) is 4.14. The van der Waals surface area contributed by atoms with E-state index in [9.17, 15) is 9.59 Å². The number of carbonyl (C=O) groups is 1. The van der Waals surface area contributed by atoms with Gasteiger partial charge in [-0.15, -0.1) is 0 Å². The molecule has 6 heteroatoms. The van der Waals surface area contributed by atoms with Gasteiger partial charge in [0, 0.05) is 18.0 Å². The Bertz CT molecular complexity index is 542. The van der Waals surface area contributed by atoms with Gasteiger partial charge in [-0.1, -0.05) is 0 Å². The molecule has 2 aromatic rings. The van der Waals surface area contributed by atoms with E-state index >= 15 is 0 Å². The molecule has 0 aromatic carbocycles. The van der Waals surface area contributed by atoms with Crippen molar-refractivity contribution in [3.05, 3.63) is 40.7 Å². The average Bonchev–Trinajstić information content (AvgIpc) is 2.69. The van der Waals surface area contributed by atoms with E-state index in [0.717, 1.165) is 0 Å². The van der Waals surface area contributed by atoms with Crippen molar-refractivity contribution >= 4 is 5.97 Å². The highest BCUT2D eigenvalue weighted by Crippen LogP contribution is 2.14. The predicted octanol–water partition coefficient (Wildman–Crippen LogP) is 0.463. The number of carboxylic acids is 1. The van der Waals surface area contributed by atoms with Crippen LogP contribution in [-0.2, 0) is 0 Å². The maximum absolute atomic E-state index is 11.1. The molecular formula is C9H7N3O3. The first-order chi connectivity index (χ1) is 7.16. The van der Waals surface area contributed by atoms with Crippen molar-refractivity contribution in [3.63, 3.8) is 0 Å². The van der Waals surface area contributed by atoms with E-state index in [0.29, 0.717) is 11.3 Å². The quantitative estimate of drug-likeness (QED) is 0.663. The Balaban J connectivity index is 2.59. The Morgan fingerprint density at radius 1 is 1.47 bits per heavy atom. The summed E-state index contributed by atoms with van der Waals surface area (Å²) in [7, 11) is 0. The van der Waals surface area contributed by atoms with Gasteiger partial charge in [0.2, 0.25) is 0 Å². The Morgan fingerprint density at radius 2 is 2.27 bits per heavy atom. The number of hydrogen-bond acceptors (Lipinski definition) is 3. The molecule has 0 aliphatic heterocycles. The van der Waals surface area contributed by atoms with Crippen LogP contribution in [0, 0.1) is 0 Å². The number of nitrogens with zero attached hydrogens (tertiary/aromatic N) is 1. The van der Waals surface area contributed by atoms with Crippen molar-refractivity contribution in [2.75, 3.05) is 0 Å². The third kappa shape index (κ3) is 1.78. The summed E-state index contributed by atoms with van der Waals surface area (Å²) >= 11 is 0. The molecule has 0 fully saturated rings. The van der Waals surface area contributed by atoms with E-state index < -0.39 is 11.7 Å². The third-order valence-corrected chi connectivity index (χ3v) is 1.87. The maximum Gasteiger partial charge on any atom is 0.352 e. The number of carboxylic acid groups (broad SMARTS) is 1. The first-order valence-electron chi connectivity index (χ1n) is 4.14. The van der Waals surface area contributed by atoms with Gasteiger partial charge in [0.15, 0.2) is 0 Å². The molecule has 0 aliphatic carbocycles. The minimum atomic E-state index is -1.19. The van der Waals surface area contributed by atoms with Crippen molar-refractivity contribution in [3.8, 4) is 11.3 Å². The minimum Gasteiger partial charge on any atom is -0.477 e. The van der Waals surface area contributed by atoms with Crippen molar-refractivity contribution in [2.45, 2.75) is 0 Å². The number of aromatic carboxylic acids is 1. The lowest BCUT2D eigenvalue weighted by Gasteiger charge is -1.97. The molecule has 0 unspecified atom stereocenters. The Hall–Kier alpha value is -2.37. The predicted molar refractivity (Wildman–Crippen MR) is 51.6 cm³/mol. The van der Waals surface area contributed by atoms with Crippen LogP contribution < -0.4 is 5.69 Å². The molecule has 15 heavy (non-hydrogen) atoms. The highest BCUT2D eigenvalue weighted by molar-refractivity contribution is 5.86. The van der Waals surface area contributed by atoms with Crippen LogP contribution in [0.2, 0.25) is 0 Å². The zero-order valence-corrected chi connectivity index (χ0v) is 7.52. The summed E-state index contributed by atoms with van der Waals surface area (Å²) in [5.41, 5.74) is 0.151. The molecule has 3 N–H and O–H groups in total. The molecule has 2 aromatic heterocycles. The second-order valence-corrected chi connectivity index (χ2v) is 2.89. The SMILES string of the molecule is O=C(O)c1cc(-c2cc[nH]c2)nc(=O)[nH]1. The number of aromatic nitrogens is 3. The molecule has 0 atom stereocenters. The summed E-state index contributed by atoms with van der Waals surface area (Å²) in [5.74, 6) is -1.19. The lowest BCUT2D eigenvalue weighted by molar-refractivity contribution is 0.0690. The topological polar surface area (TPSA) is 98.8 Å². The average molecular weight is 205 g/mol. The molecule has 0 spiro atoms. The van der Waals surface area contributed by atoms with Crippen LogP contribution in [0.4, 0.5) is 0 Å². The van der Waals surface area contributed by atoms with Crippen LogP contribution in [0.25, 0.3) is 11.3 Å². The van der Waals surface area contributed by atoms with Crippen molar-refractivity contribution in [1.82, 2.24) is 15.0 Å². The van der Waals surface area contributed by atoms with Crippen molar-refractivity contribution < 1.29 is 9.90 Å². The van der Waals surface area contributed by atoms with Gasteiger partial charge in [0.25, 0.3) is 0 Å². The second-order valence-electron chi connectivity index (χ2n) is 2.89. The zero-order valence-electron chi connectivity index (χ0n) is 7.52. The fraction of sp³-hybridized carbons (Fsp3) is 0. The number of aromatic amines is 2. The monoisotopic (exact) mass is 205 g/mol. The summed E-state index contributed by atoms with van der Waals surface area (Å²) in [6.45, 7) is 0. The lowest BCUT2D eigenvalue weighted by Crippen LogP contribution is -2.16. The molecular weight excluding hydrogens is 198 g/mol. The van der Waals surface area contributed by atoms with E-state index in [4.69, 9.17) is 5.11 Å². The van der Waals surface area contributed by atoms with Crippen LogP contribution >= 0.6 is 0 Å². The highest BCUT2D eigenvalue weighted by Gasteiger charge is 2.08. The normalized spacial score (nSPS) is 10.1. The molecule has 0 saturated heterocycles. The number of hydrogen-bond donors (Lipinski definition) is 3. The van der Waals surface area contributed by atoms with Crippen LogP contribution in [0.3, 0.4) is 0 Å². The van der Waals surface area contributed by atoms with Crippen molar-refractivity contribution in [1.29, 1.82) is 0 Å². The summed E-state index contributed by atoms with van der Waals surface area (Å²) in [6.07, 6.45) is 3.30. The van der Waals surface area contributed by atoms with Gasteiger partial charge < -0.3 is 10.1 Å². The summed E-state index contributed by atoms with van der Waals surface area (Å²) in [6, 6.07) is 3.01. The maximum atomic E-state index is 11.1. The molecule has 0 amide bonds. The van der Waals surface area contributed by atoms with Crippen LogP contribution in [0.15, 0.2) is 29.3 Å². The Kier molecular flexibility index (Phi) is 2.09. The van der Waals surface area contributed by atoms with E-state index in [1.54, 1.807) is 18.5 Å². The molecule has 0 radical (unpaired) electrons. The first kappa shape index (κ1) is 9.20. The van der Waals surface area contributed by atoms with Crippen LogP contribution in [0.5, 0.6) is 0 Å². The zero-order chi connectivity index (χ0) is 10.8. The van der Waals surface area contributed by atoms with Gasteiger partial charge in [-0.3, -0.25) is 4.98 Å².